The van der Waals surface area contributed by atoms with Crippen molar-refractivity contribution in [2.45, 2.75) is 103 Å². The van der Waals surface area contributed by atoms with Crippen molar-refractivity contribution in [2.24, 2.45) is 23.2 Å². The molecule has 4 fully saturated rings. The highest BCUT2D eigenvalue weighted by atomic mass is 32.2. The van der Waals surface area contributed by atoms with Crippen LogP contribution in [0.15, 0.2) is 55.3 Å². The summed E-state index contributed by atoms with van der Waals surface area (Å²) >= 11 is -2.89. The average molecular weight is 882 g/mol. The molecular weight excluding hydrogens is 830 g/mol. The molecule has 2 aromatic heterocycles. The maximum Gasteiger partial charge on any atom is 0.391 e. The molecule has 3 aromatic rings. The van der Waals surface area contributed by atoms with E-state index in [1.165, 1.54) is 15.9 Å². The van der Waals surface area contributed by atoms with Gasteiger partial charge in [-0.25, -0.2) is 4.98 Å². The van der Waals surface area contributed by atoms with E-state index in [9.17, 15) is 41.1 Å². The predicted molar refractivity (Wildman–Crippen MR) is 222 cm³/mol. The Hall–Kier alpha value is -5.10. The fraction of sp³-hybridized carbons (Fsp3) is 0.545. The third kappa shape index (κ3) is 9.03. The number of benzene rings is 1. The first-order chi connectivity index (χ1) is 29.3. The zero-order chi connectivity index (χ0) is 44.9. The number of alkyl halides is 3. The van der Waals surface area contributed by atoms with Crippen LogP contribution < -0.4 is 14.8 Å². The second kappa shape index (κ2) is 17.2. The number of amides is 4. The zero-order valence-corrected chi connectivity index (χ0v) is 36.2. The lowest BCUT2D eigenvalue weighted by Crippen LogP contribution is -2.57. The van der Waals surface area contributed by atoms with Gasteiger partial charge in [0.05, 0.1) is 53.7 Å². The smallest absolute Gasteiger partial charge is 0.391 e. The van der Waals surface area contributed by atoms with Crippen molar-refractivity contribution in [1.29, 1.82) is 0 Å². The van der Waals surface area contributed by atoms with Gasteiger partial charge in [-0.2, -0.15) is 13.2 Å². The summed E-state index contributed by atoms with van der Waals surface area (Å²) in [7, 11) is 1.55. The predicted octanol–water partition coefficient (Wildman–Crippen LogP) is 5.66. The normalized spacial score (nSPS) is 24.0. The molecule has 4 amide bonds. The van der Waals surface area contributed by atoms with E-state index in [1.54, 1.807) is 64.4 Å². The van der Waals surface area contributed by atoms with Gasteiger partial charge in [0, 0.05) is 61.1 Å². The molecular formula is C44H52F3N6O8S-. The number of nitrogens with zero attached hydrogens (tertiary/aromatic N) is 5. The zero-order valence-electron chi connectivity index (χ0n) is 35.4. The Bertz CT molecular complexity index is 2260. The maximum atomic E-state index is 15.0. The number of nitrogens with one attached hydrogen (secondary N) is 1. The Labute approximate surface area is 361 Å². The number of aromatic nitrogens is 2. The summed E-state index contributed by atoms with van der Waals surface area (Å²) in [6, 6.07) is 8.97. The third-order valence-corrected chi connectivity index (χ3v) is 13.5. The molecule has 2 aliphatic carbocycles. The molecule has 14 nitrogen and oxygen atoms in total. The van der Waals surface area contributed by atoms with Crippen molar-refractivity contribution in [1.82, 2.24) is 29.4 Å². The van der Waals surface area contributed by atoms with E-state index in [2.05, 4.69) is 16.9 Å². The van der Waals surface area contributed by atoms with Gasteiger partial charge in [0.1, 0.15) is 29.2 Å². The maximum absolute atomic E-state index is 15.0. The van der Waals surface area contributed by atoms with Crippen LogP contribution in [0.3, 0.4) is 0 Å². The van der Waals surface area contributed by atoms with Gasteiger partial charge >= 0.3 is 6.18 Å². The highest BCUT2D eigenvalue weighted by Crippen LogP contribution is 2.48. The number of ether oxygens (including phenoxy) is 2. The van der Waals surface area contributed by atoms with Gasteiger partial charge in [-0.1, -0.05) is 32.9 Å². The van der Waals surface area contributed by atoms with E-state index in [1.807, 2.05) is 13.0 Å². The first kappa shape index (κ1) is 44.9. The lowest BCUT2D eigenvalue weighted by Gasteiger charge is -2.38. The standard InChI is InChI=1S/C44H53F3N6O8S/c1-7-26-23-43(26,41(57)53(62(58)59)28-11-12-28)50-39(55)34-20-29(61-36-22-33(32-10-8-9-17-48-32)49-38-25(2)35(60-6)14-13-30(36)38)24-52(34)40(56)31(42(3,4)5)21-37(54)51-18-15-27(16-19-51)44(45,46)47/h7-10,13-14,17,22,26-29,31,34H,1,11-12,15-16,18-21,23-24H2,2-6H3,(H,50,55)(H,58,59)/p-1/t26?,29-,31-,34+,43?/m1/s1. The Morgan fingerprint density at radius 3 is 2.35 bits per heavy atom. The topological polar surface area (TPSA) is 174 Å². The Morgan fingerprint density at radius 2 is 1.79 bits per heavy atom. The summed E-state index contributed by atoms with van der Waals surface area (Å²) in [5, 5.41) is 3.47. The minimum absolute atomic E-state index is 0.0476. The van der Waals surface area contributed by atoms with E-state index in [0.717, 1.165) is 9.87 Å². The van der Waals surface area contributed by atoms with Crippen molar-refractivity contribution in [3.63, 3.8) is 0 Å². The van der Waals surface area contributed by atoms with Gasteiger partial charge < -0.3 is 29.1 Å². The minimum atomic E-state index is -4.37. The average Bonchev–Trinajstić information content (AvgIpc) is 4.15. The highest BCUT2D eigenvalue weighted by Gasteiger charge is 2.63. The van der Waals surface area contributed by atoms with Gasteiger partial charge in [0.2, 0.25) is 17.7 Å². The molecule has 0 radical (unpaired) electrons. The Morgan fingerprint density at radius 1 is 1.08 bits per heavy atom. The van der Waals surface area contributed by atoms with Crippen molar-refractivity contribution < 1.29 is 50.6 Å². The highest BCUT2D eigenvalue weighted by molar-refractivity contribution is 7.77. The number of methoxy groups -OCH3 is 1. The SMILES string of the molecule is C=CC1CC1(NC(=O)[C@@H]1C[C@@H](Oc2cc(-c3ccccn3)nc3c(C)c(OC)ccc23)CN1C(=O)[C@@H](CC(=O)N1CCC(C(F)(F)F)CC1)C(C)(C)C)C(=O)N(C1CC1)S(=O)[O-]. The molecule has 334 valence electrons. The fourth-order valence-electron chi connectivity index (χ4n) is 8.80. The van der Waals surface area contributed by atoms with Crippen molar-refractivity contribution in [2.75, 3.05) is 26.7 Å². The molecule has 2 saturated heterocycles. The van der Waals surface area contributed by atoms with E-state index >= 15 is 0 Å². The number of rotatable bonds is 13. The van der Waals surface area contributed by atoms with Crippen LogP contribution in [0.1, 0.15) is 71.3 Å². The molecule has 1 aromatic carbocycles. The monoisotopic (exact) mass is 881 g/mol. The van der Waals surface area contributed by atoms with Gasteiger partial charge in [-0.3, -0.25) is 32.7 Å². The molecule has 6 atom stereocenters. The summed E-state index contributed by atoms with van der Waals surface area (Å²) in [5.41, 5.74) is -0.0739. The second-order valence-corrected chi connectivity index (χ2v) is 18.7. The number of likely N-dealkylation sites (tertiary alicyclic amines) is 2. The summed E-state index contributed by atoms with van der Waals surface area (Å²) < 4.78 is 78.0. The Kier molecular flexibility index (Phi) is 12.5. The molecule has 62 heavy (non-hydrogen) atoms. The first-order valence-corrected chi connectivity index (χ1v) is 21.9. The number of piperidine rings is 1. The van der Waals surface area contributed by atoms with Crippen molar-refractivity contribution in [3.05, 3.63) is 60.8 Å². The fourth-order valence-corrected chi connectivity index (χ4v) is 9.55. The summed E-state index contributed by atoms with van der Waals surface area (Å²) in [5.74, 6) is -4.61. The van der Waals surface area contributed by atoms with E-state index < -0.39 is 88.0 Å². The molecule has 2 aliphatic heterocycles. The van der Waals surface area contributed by atoms with Gasteiger partial charge in [-0.05, 0) is 68.7 Å². The van der Waals surface area contributed by atoms with Crippen LogP contribution in [0.25, 0.3) is 22.3 Å². The van der Waals surface area contributed by atoms with E-state index in [4.69, 9.17) is 14.5 Å². The molecule has 2 saturated carbocycles. The van der Waals surface area contributed by atoms with Gasteiger partial charge in [0.15, 0.2) is 0 Å². The van der Waals surface area contributed by atoms with Crippen LogP contribution in [0.2, 0.25) is 0 Å². The molecule has 0 bridgehead atoms. The number of aryl methyl sites for hydroxylation is 1. The largest absolute Gasteiger partial charge is 0.755 e. The summed E-state index contributed by atoms with van der Waals surface area (Å²) in [4.78, 5) is 69.5. The minimum Gasteiger partial charge on any atom is -0.755 e. The number of hydrogen-bond acceptors (Lipinski definition) is 10. The number of hydrogen-bond donors (Lipinski definition) is 1. The molecule has 7 rings (SSSR count). The lowest BCUT2D eigenvalue weighted by atomic mass is 9.77. The molecule has 4 heterocycles. The number of halogens is 3. The van der Waals surface area contributed by atoms with Crippen molar-refractivity contribution in [3.8, 4) is 22.9 Å². The number of carbonyl (C=O) groups is 4. The van der Waals surface area contributed by atoms with Crippen LogP contribution in [0.4, 0.5) is 13.2 Å². The third-order valence-electron chi connectivity index (χ3n) is 12.7. The Balaban J connectivity index is 1.22. The van der Waals surface area contributed by atoms with Crippen LogP contribution in [0.5, 0.6) is 11.5 Å². The van der Waals surface area contributed by atoms with Crippen LogP contribution >= 0.6 is 0 Å². The first-order valence-electron chi connectivity index (χ1n) is 20.9. The molecule has 18 heteroatoms. The lowest BCUT2D eigenvalue weighted by molar-refractivity contribution is -0.186. The number of fused-ring (bicyclic) bond motifs is 1. The summed E-state index contributed by atoms with van der Waals surface area (Å²) in [6.07, 6.45) is -1.78. The molecule has 1 N–H and O–H groups in total. The number of carbonyl (C=O) groups excluding carboxylic acids is 4. The van der Waals surface area contributed by atoms with Crippen LogP contribution in [-0.2, 0) is 30.4 Å². The van der Waals surface area contributed by atoms with E-state index in [-0.39, 0.29) is 51.7 Å². The molecule has 0 spiro atoms. The number of pyridine rings is 2. The van der Waals surface area contributed by atoms with Gasteiger partial charge in [-0.15, -0.1) is 6.58 Å². The van der Waals surface area contributed by atoms with Gasteiger partial charge in [0.25, 0.3) is 5.91 Å². The van der Waals surface area contributed by atoms with E-state index in [0.29, 0.717) is 46.6 Å². The molecule has 3 unspecified atom stereocenters. The summed E-state index contributed by atoms with van der Waals surface area (Å²) in [6.45, 7) is 10.7. The quantitative estimate of drug-likeness (QED) is 0.167. The molecule has 4 aliphatic rings. The van der Waals surface area contributed by atoms with Crippen LogP contribution in [-0.4, -0.2) is 113 Å². The second-order valence-electron chi connectivity index (χ2n) is 17.9. The van der Waals surface area contributed by atoms with Crippen molar-refractivity contribution >= 4 is 45.8 Å². The van der Waals surface area contributed by atoms with Crippen LogP contribution in [0, 0.1) is 30.1 Å².